The van der Waals surface area contributed by atoms with Crippen LogP contribution in [0.4, 0.5) is 10.1 Å². The number of anilines is 1. The summed E-state index contributed by atoms with van der Waals surface area (Å²) in [6.45, 7) is 0.0194. The van der Waals surface area contributed by atoms with Crippen molar-refractivity contribution in [2.24, 2.45) is 0 Å². The Balaban J connectivity index is 1.69. The van der Waals surface area contributed by atoms with Crippen molar-refractivity contribution in [3.05, 3.63) is 75.3 Å². The third-order valence-electron chi connectivity index (χ3n) is 4.14. The predicted octanol–water partition coefficient (Wildman–Crippen LogP) is 3.02. The fourth-order valence-electron chi connectivity index (χ4n) is 2.81. The Bertz CT molecular complexity index is 1290. The Hall–Kier alpha value is -3.16. The summed E-state index contributed by atoms with van der Waals surface area (Å²) in [5.74, 6) is 4.33. The Morgan fingerprint density at radius 1 is 1.24 bits per heavy atom. The number of halogens is 2. The number of sulfonamides is 1. The average Bonchev–Trinajstić information content (AvgIpc) is 3.34. The summed E-state index contributed by atoms with van der Waals surface area (Å²) in [5, 5.41) is 6.21. The second-order valence-electron chi connectivity index (χ2n) is 6.02. The molecule has 0 bridgehead atoms. The molecule has 0 unspecified atom stereocenters. The summed E-state index contributed by atoms with van der Waals surface area (Å²) < 4.78 is 47.4. The molecule has 3 aromatic rings. The molecule has 10 heteroatoms. The number of benzene rings is 2. The van der Waals surface area contributed by atoms with Crippen LogP contribution in [0, 0.1) is 17.7 Å². The van der Waals surface area contributed by atoms with E-state index in [0.717, 1.165) is 6.07 Å². The number of amides is 1. The summed E-state index contributed by atoms with van der Waals surface area (Å²) >= 11 is 3.14. The van der Waals surface area contributed by atoms with Gasteiger partial charge in [-0.1, -0.05) is 17.1 Å². The molecule has 0 saturated carbocycles. The number of rotatable bonds is 3. The molecule has 29 heavy (non-hydrogen) atoms. The Morgan fingerprint density at radius 2 is 2.07 bits per heavy atom. The first-order valence-electron chi connectivity index (χ1n) is 8.19. The summed E-state index contributed by atoms with van der Waals surface area (Å²) in [6, 6.07) is 8.50. The standard InChI is InChI=1S/C19H11BrFN3O4S/c20-15-9-16(21)18(14-10-22-19(25)17(14)15)24-29(26,27)13-3-1-2-11(8-13)4-5-12-6-7-28-23-12/h1-3,6-9,24H,10H2,(H,22,25). The van der Waals surface area contributed by atoms with E-state index in [1.54, 1.807) is 12.1 Å². The topological polar surface area (TPSA) is 101 Å². The molecule has 0 radical (unpaired) electrons. The van der Waals surface area contributed by atoms with E-state index in [2.05, 4.69) is 47.5 Å². The lowest BCUT2D eigenvalue weighted by Gasteiger charge is -2.13. The summed E-state index contributed by atoms with van der Waals surface area (Å²) in [5.41, 5.74) is 1.01. The number of nitrogens with one attached hydrogen (secondary N) is 2. The average molecular weight is 476 g/mol. The maximum atomic E-state index is 14.5. The Labute approximate surface area is 173 Å². The number of carbonyl (C=O) groups excluding carboxylic acids is 1. The van der Waals surface area contributed by atoms with Crippen molar-refractivity contribution in [3.63, 3.8) is 0 Å². The van der Waals surface area contributed by atoms with Gasteiger partial charge < -0.3 is 9.84 Å². The minimum Gasteiger partial charge on any atom is -0.363 e. The van der Waals surface area contributed by atoms with Crippen molar-refractivity contribution < 1.29 is 22.1 Å². The molecule has 0 fully saturated rings. The SMILES string of the molecule is O=C1NCc2c(NS(=O)(=O)c3cccc(C#Cc4ccon4)c3)c(F)cc(Br)c21. The Morgan fingerprint density at radius 3 is 2.83 bits per heavy atom. The number of hydrogen-bond acceptors (Lipinski definition) is 5. The number of aromatic nitrogens is 1. The zero-order valence-corrected chi connectivity index (χ0v) is 16.9. The van der Waals surface area contributed by atoms with Gasteiger partial charge in [-0.15, -0.1) is 0 Å². The van der Waals surface area contributed by atoms with E-state index < -0.39 is 21.7 Å². The fourth-order valence-corrected chi connectivity index (χ4v) is 4.57. The van der Waals surface area contributed by atoms with E-state index in [4.69, 9.17) is 0 Å². The molecule has 7 nitrogen and oxygen atoms in total. The van der Waals surface area contributed by atoms with E-state index >= 15 is 0 Å². The molecule has 0 spiro atoms. The van der Waals surface area contributed by atoms with E-state index in [-0.39, 0.29) is 32.7 Å². The van der Waals surface area contributed by atoms with Crippen molar-refractivity contribution in [1.82, 2.24) is 10.5 Å². The zero-order chi connectivity index (χ0) is 20.6. The van der Waals surface area contributed by atoms with Gasteiger partial charge in [0.15, 0.2) is 5.69 Å². The van der Waals surface area contributed by atoms with Crippen molar-refractivity contribution in [2.45, 2.75) is 11.4 Å². The van der Waals surface area contributed by atoms with Crippen molar-refractivity contribution >= 4 is 37.5 Å². The van der Waals surface area contributed by atoms with Crippen molar-refractivity contribution in [2.75, 3.05) is 4.72 Å². The second-order valence-corrected chi connectivity index (χ2v) is 8.56. The number of fused-ring (bicyclic) bond motifs is 1. The third kappa shape index (κ3) is 3.74. The Kier molecular flexibility index (Phi) is 4.86. The molecular weight excluding hydrogens is 465 g/mol. The molecule has 1 aliphatic rings. The highest BCUT2D eigenvalue weighted by molar-refractivity contribution is 9.10. The molecule has 2 aromatic carbocycles. The highest BCUT2D eigenvalue weighted by atomic mass is 79.9. The normalized spacial score (nSPS) is 12.7. The molecule has 146 valence electrons. The molecule has 1 aromatic heterocycles. The predicted molar refractivity (Wildman–Crippen MR) is 105 cm³/mol. The van der Waals surface area contributed by atoms with E-state index in [1.165, 1.54) is 24.5 Å². The molecule has 0 atom stereocenters. The molecule has 2 N–H and O–H groups in total. The maximum absolute atomic E-state index is 14.5. The molecule has 0 saturated heterocycles. The monoisotopic (exact) mass is 475 g/mol. The van der Waals surface area contributed by atoms with Gasteiger partial charge in [-0.2, -0.15) is 0 Å². The first-order chi connectivity index (χ1) is 13.8. The highest BCUT2D eigenvalue weighted by Crippen LogP contribution is 2.34. The number of nitrogens with zero attached hydrogens (tertiary/aromatic N) is 1. The van der Waals surface area contributed by atoms with Crippen LogP contribution in [-0.4, -0.2) is 19.5 Å². The maximum Gasteiger partial charge on any atom is 0.262 e. The minimum atomic E-state index is -4.13. The van der Waals surface area contributed by atoms with Gasteiger partial charge >= 0.3 is 0 Å². The van der Waals surface area contributed by atoms with Gasteiger partial charge in [-0.3, -0.25) is 9.52 Å². The van der Waals surface area contributed by atoms with Crippen LogP contribution < -0.4 is 10.0 Å². The smallest absolute Gasteiger partial charge is 0.262 e. The lowest BCUT2D eigenvalue weighted by Crippen LogP contribution is -2.16. The first kappa shape index (κ1) is 19.2. The van der Waals surface area contributed by atoms with Crippen LogP contribution in [0.1, 0.15) is 27.2 Å². The van der Waals surface area contributed by atoms with Crippen LogP contribution in [0.5, 0.6) is 0 Å². The van der Waals surface area contributed by atoms with Gasteiger partial charge in [0.2, 0.25) is 0 Å². The zero-order valence-electron chi connectivity index (χ0n) is 14.5. The quantitative estimate of drug-likeness (QED) is 0.567. The lowest BCUT2D eigenvalue weighted by atomic mass is 10.1. The van der Waals surface area contributed by atoms with Crippen molar-refractivity contribution in [3.8, 4) is 11.8 Å². The van der Waals surface area contributed by atoms with Crippen LogP contribution in [0.3, 0.4) is 0 Å². The molecule has 4 rings (SSSR count). The summed E-state index contributed by atoms with van der Waals surface area (Å²) in [7, 11) is -4.13. The van der Waals surface area contributed by atoms with Crippen LogP contribution in [0.2, 0.25) is 0 Å². The lowest BCUT2D eigenvalue weighted by molar-refractivity contribution is 0.0965. The number of hydrogen-bond donors (Lipinski definition) is 2. The van der Waals surface area contributed by atoms with Crippen LogP contribution >= 0.6 is 15.9 Å². The molecule has 1 amide bonds. The molecular formula is C19H11BrFN3O4S. The fraction of sp³-hybridized carbons (Fsp3) is 0.0526. The van der Waals surface area contributed by atoms with Crippen molar-refractivity contribution in [1.29, 1.82) is 0 Å². The summed E-state index contributed by atoms with van der Waals surface area (Å²) in [4.78, 5) is 11.8. The van der Waals surface area contributed by atoms with Gasteiger partial charge in [0, 0.05) is 28.2 Å². The summed E-state index contributed by atoms with van der Waals surface area (Å²) in [6.07, 6.45) is 1.37. The van der Waals surface area contributed by atoms with Gasteiger partial charge in [-0.05, 0) is 46.1 Å². The highest BCUT2D eigenvalue weighted by Gasteiger charge is 2.29. The largest absolute Gasteiger partial charge is 0.363 e. The van der Waals surface area contributed by atoms with Gasteiger partial charge in [0.05, 0.1) is 16.1 Å². The second kappa shape index (κ2) is 7.35. The van der Waals surface area contributed by atoms with Gasteiger partial charge in [0.25, 0.3) is 15.9 Å². The van der Waals surface area contributed by atoms with Crippen LogP contribution in [-0.2, 0) is 16.6 Å². The molecule has 2 heterocycles. The van der Waals surface area contributed by atoms with Crippen LogP contribution in [0.15, 0.2) is 56.6 Å². The number of carbonyl (C=O) groups is 1. The van der Waals surface area contributed by atoms with Gasteiger partial charge in [-0.25, -0.2) is 12.8 Å². The first-order valence-corrected chi connectivity index (χ1v) is 10.5. The van der Waals surface area contributed by atoms with E-state index in [1.807, 2.05) is 0 Å². The van der Waals surface area contributed by atoms with E-state index in [9.17, 15) is 17.6 Å². The molecule has 0 aliphatic carbocycles. The van der Waals surface area contributed by atoms with Crippen LogP contribution in [0.25, 0.3) is 0 Å². The minimum absolute atomic E-state index is 0.0194. The molecule has 1 aliphatic heterocycles. The van der Waals surface area contributed by atoms with E-state index in [0.29, 0.717) is 11.3 Å². The van der Waals surface area contributed by atoms with Gasteiger partial charge in [0.1, 0.15) is 12.1 Å². The third-order valence-corrected chi connectivity index (χ3v) is 6.11.